The number of nitrogens with one attached hydrogen (secondary N) is 1. The minimum Gasteiger partial charge on any atom is -0.481 e. The number of hydrogen-bond acceptors (Lipinski definition) is 5. The maximum Gasteiger partial charge on any atom is 0.311 e. The molecule has 1 atom stereocenters. The van der Waals surface area contributed by atoms with Gasteiger partial charge in [0.1, 0.15) is 11.1 Å². The van der Waals surface area contributed by atoms with Gasteiger partial charge in [0.25, 0.3) is 5.91 Å². The van der Waals surface area contributed by atoms with Crippen molar-refractivity contribution < 1.29 is 14.7 Å². The van der Waals surface area contributed by atoms with Crippen molar-refractivity contribution >= 4 is 39.6 Å². The highest BCUT2D eigenvalue weighted by Gasteiger charge is 2.33. The molecule has 0 saturated heterocycles. The van der Waals surface area contributed by atoms with E-state index in [1.54, 1.807) is 17.5 Å². The Morgan fingerprint density at radius 1 is 1.45 bits per heavy atom. The van der Waals surface area contributed by atoms with Crippen molar-refractivity contribution in [3.63, 3.8) is 0 Å². The Kier molecular flexibility index (Phi) is 3.96. The molecule has 0 aliphatic heterocycles. The standard InChI is InChI=1S/C15H12N2O3S2/c16-7-9-12-8(15(19)20)3-1-4-10(12)22-14(9)17-13(18)11-5-2-6-21-11/h2,5-6,8H,1,3-4H2,(H,17,18)(H,19,20). The molecule has 3 rings (SSSR count). The molecule has 0 bridgehead atoms. The van der Waals surface area contributed by atoms with Crippen molar-refractivity contribution in [2.24, 2.45) is 0 Å². The van der Waals surface area contributed by atoms with E-state index >= 15 is 0 Å². The third-order valence-electron chi connectivity index (χ3n) is 3.65. The van der Waals surface area contributed by atoms with Crippen molar-refractivity contribution in [2.75, 3.05) is 5.32 Å². The average molecular weight is 332 g/mol. The minimum atomic E-state index is -0.911. The van der Waals surface area contributed by atoms with Crippen molar-refractivity contribution in [2.45, 2.75) is 25.2 Å². The van der Waals surface area contributed by atoms with Gasteiger partial charge in [-0.05, 0) is 30.7 Å². The number of nitrogens with zero attached hydrogens (tertiary/aromatic N) is 1. The van der Waals surface area contributed by atoms with Gasteiger partial charge in [0.2, 0.25) is 0 Å². The lowest BCUT2D eigenvalue weighted by atomic mass is 9.85. The van der Waals surface area contributed by atoms with Crippen LogP contribution in [0, 0.1) is 11.3 Å². The van der Waals surface area contributed by atoms with E-state index in [4.69, 9.17) is 0 Å². The fourth-order valence-corrected chi connectivity index (χ4v) is 4.54. The van der Waals surface area contributed by atoms with Crippen LogP contribution in [0.1, 0.15) is 44.4 Å². The van der Waals surface area contributed by atoms with Gasteiger partial charge in [-0.25, -0.2) is 0 Å². The third kappa shape index (κ3) is 2.51. The summed E-state index contributed by atoms with van der Waals surface area (Å²) in [5, 5.41) is 23.8. The van der Waals surface area contributed by atoms with Gasteiger partial charge in [0.05, 0.1) is 16.4 Å². The first-order valence-electron chi connectivity index (χ1n) is 6.75. The predicted molar refractivity (Wildman–Crippen MR) is 84.6 cm³/mol. The van der Waals surface area contributed by atoms with Gasteiger partial charge in [0.15, 0.2) is 0 Å². The molecule has 7 heteroatoms. The van der Waals surface area contributed by atoms with E-state index in [0.717, 1.165) is 17.7 Å². The first-order chi connectivity index (χ1) is 10.6. The number of amides is 1. The molecule has 1 amide bonds. The molecule has 0 fully saturated rings. The van der Waals surface area contributed by atoms with E-state index in [1.165, 1.54) is 22.7 Å². The summed E-state index contributed by atoms with van der Waals surface area (Å²) in [6.07, 6.45) is 2.08. The molecule has 22 heavy (non-hydrogen) atoms. The Morgan fingerprint density at radius 2 is 2.27 bits per heavy atom. The molecule has 2 N–H and O–H groups in total. The number of carboxylic acid groups (broad SMARTS) is 1. The molecule has 2 heterocycles. The third-order valence-corrected chi connectivity index (χ3v) is 5.70. The van der Waals surface area contributed by atoms with E-state index in [9.17, 15) is 20.0 Å². The van der Waals surface area contributed by atoms with Gasteiger partial charge in [-0.15, -0.1) is 22.7 Å². The van der Waals surface area contributed by atoms with Crippen LogP contribution in [0.2, 0.25) is 0 Å². The van der Waals surface area contributed by atoms with Crippen molar-refractivity contribution in [1.29, 1.82) is 5.26 Å². The molecular formula is C15H12N2O3S2. The molecule has 1 aliphatic rings. The first kappa shape index (κ1) is 14.8. The molecule has 2 aromatic rings. The second-order valence-corrected chi connectivity index (χ2v) is 7.02. The van der Waals surface area contributed by atoms with Gasteiger partial charge in [0, 0.05) is 10.4 Å². The number of thiophene rings is 2. The molecule has 1 unspecified atom stereocenters. The number of fused-ring (bicyclic) bond motifs is 1. The lowest BCUT2D eigenvalue weighted by Gasteiger charge is -2.18. The Labute approximate surface area is 134 Å². The zero-order valence-electron chi connectivity index (χ0n) is 11.5. The Hall–Kier alpha value is -2.17. The maximum atomic E-state index is 12.2. The van der Waals surface area contributed by atoms with Crippen LogP contribution in [-0.4, -0.2) is 17.0 Å². The van der Waals surface area contributed by atoms with Gasteiger partial charge in [-0.3, -0.25) is 9.59 Å². The summed E-state index contributed by atoms with van der Waals surface area (Å²) in [6.45, 7) is 0. The number of aryl methyl sites for hydroxylation is 1. The number of aliphatic carboxylic acids is 1. The van der Waals surface area contributed by atoms with E-state index in [1.807, 2.05) is 0 Å². The molecule has 0 aromatic carbocycles. The molecule has 2 aromatic heterocycles. The molecule has 0 saturated carbocycles. The molecule has 112 valence electrons. The van der Waals surface area contributed by atoms with E-state index in [2.05, 4.69) is 11.4 Å². The highest BCUT2D eigenvalue weighted by atomic mass is 32.1. The molecule has 5 nitrogen and oxygen atoms in total. The SMILES string of the molecule is N#Cc1c(NC(=O)c2cccs2)sc2c1C(C(=O)O)CCC2. The van der Waals surface area contributed by atoms with Crippen LogP contribution in [0.4, 0.5) is 5.00 Å². The van der Waals surface area contributed by atoms with E-state index in [-0.39, 0.29) is 5.91 Å². The Bertz CT molecular complexity index is 772. The highest BCUT2D eigenvalue weighted by molar-refractivity contribution is 7.17. The lowest BCUT2D eigenvalue weighted by Crippen LogP contribution is -2.17. The molecular weight excluding hydrogens is 320 g/mol. The lowest BCUT2D eigenvalue weighted by molar-refractivity contribution is -0.139. The van der Waals surface area contributed by atoms with Gasteiger partial charge in [-0.2, -0.15) is 5.26 Å². The average Bonchev–Trinajstić information content (AvgIpc) is 3.13. The summed E-state index contributed by atoms with van der Waals surface area (Å²) in [7, 11) is 0. The van der Waals surface area contributed by atoms with Gasteiger partial charge in [-0.1, -0.05) is 6.07 Å². The minimum absolute atomic E-state index is 0.267. The number of hydrogen-bond donors (Lipinski definition) is 2. The molecule has 0 spiro atoms. The second-order valence-electron chi connectivity index (χ2n) is 4.97. The second kappa shape index (κ2) is 5.91. The largest absolute Gasteiger partial charge is 0.481 e. The van der Waals surface area contributed by atoms with Crippen LogP contribution in [0.5, 0.6) is 0 Å². The van der Waals surface area contributed by atoms with Crippen molar-refractivity contribution in [1.82, 2.24) is 0 Å². The fraction of sp³-hybridized carbons (Fsp3) is 0.267. The predicted octanol–water partition coefficient (Wildman–Crippen LogP) is 3.44. The smallest absolute Gasteiger partial charge is 0.311 e. The quantitative estimate of drug-likeness (QED) is 0.901. The number of carbonyl (C=O) groups excluding carboxylic acids is 1. The van der Waals surface area contributed by atoms with Crippen LogP contribution in [0.15, 0.2) is 17.5 Å². The zero-order chi connectivity index (χ0) is 15.7. The molecule has 0 radical (unpaired) electrons. The normalized spacial score (nSPS) is 16.6. The summed E-state index contributed by atoms with van der Waals surface area (Å²) in [6, 6.07) is 5.57. The summed E-state index contributed by atoms with van der Waals surface area (Å²) in [5.74, 6) is -1.83. The van der Waals surface area contributed by atoms with Crippen LogP contribution in [-0.2, 0) is 11.2 Å². The summed E-state index contributed by atoms with van der Waals surface area (Å²) in [5.41, 5.74) is 0.893. The number of carbonyl (C=O) groups is 2. The number of anilines is 1. The maximum absolute atomic E-state index is 12.2. The first-order valence-corrected chi connectivity index (χ1v) is 8.44. The van der Waals surface area contributed by atoms with E-state index < -0.39 is 11.9 Å². The highest BCUT2D eigenvalue weighted by Crippen LogP contribution is 2.43. The summed E-state index contributed by atoms with van der Waals surface area (Å²) >= 11 is 2.64. The van der Waals surface area contributed by atoms with Crippen molar-refractivity contribution in [3.05, 3.63) is 38.4 Å². The number of carboxylic acids is 1. The Morgan fingerprint density at radius 3 is 2.91 bits per heavy atom. The summed E-state index contributed by atoms with van der Waals surface area (Å²) < 4.78 is 0. The number of nitriles is 1. The van der Waals surface area contributed by atoms with Gasteiger partial charge < -0.3 is 10.4 Å². The topological polar surface area (TPSA) is 90.2 Å². The van der Waals surface area contributed by atoms with Crippen molar-refractivity contribution in [3.8, 4) is 6.07 Å². The van der Waals surface area contributed by atoms with E-state index in [0.29, 0.717) is 27.4 Å². The number of rotatable bonds is 3. The fourth-order valence-electron chi connectivity index (χ4n) is 2.67. The van der Waals surface area contributed by atoms with Crippen LogP contribution in [0.25, 0.3) is 0 Å². The van der Waals surface area contributed by atoms with Crippen LogP contribution < -0.4 is 5.32 Å². The zero-order valence-corrected chi connectivity index (χ0v) is 13.1. The van der Waals surface area contributed by atoms with Crippen LogP contribution in [0.3, 0.4) is 0 Å². The monoisotopic (exact) mass is 332 g/mol. The van der Waals surface area contributed by atoms with Crippen LogP contribution >= 0.6 is 22.7 Å². The van der Waals surface area contributed by atoms with Gasteiger partial charge >= 0.3 is 5.97 Å². The Balaban J connectivity index is 1.98. The molecule has 1 aliphatic carbocycles. The summed E-state index contributed by atoms with van der Waals surface area (Å²) in [4.78, 5) is 25.0.